The molecule has 52 heavy (non-hydrogen) atoms. The molecule has 13 nitrogen and oxygen atoms in total. The molecule has 13 heteroatoms. The quantitative estimate of drug-likeness (QED) is 0.156. The van der Waals surface area contributed by atoms with Crippen LogP contribution in [0.4, 0.5) is 11.4 Å². The Bertz CT molecular complexity index is 2190. The number of nitrogens with one attached hydrogen (secondary N) is 4. The van der Waals surface area contributed by atoms with Gasteiger partial charge in [-0.05, 0) is 47.2 Å². The highest BCUT2D eigenvalue weighted by molar-refractivity contribution is 6.03. The first kappa shape index (κ1) is 33.2. The van der Waals surface area contributed by atoms with Crippen LogP contribution < -0.4 is 26.0 Å². The molecule has 8 rings (SSSR count). The minimum atomic E-state index is -1.30. The van der Waals surface area contributed by atoms with E-state index in [0.29, 0.717) is 17.2 Å². The third-order valence-electron chi connectivity index (χ3n) is 9.92. The van der Waals surface area contributed by atoms with Crippen LogP contribution >= 0.6 is 0 Å². The molecule has 3 aromatic carbocycles. The van der Waals surface area contributed by atoms with Gasteiger partial charge < -0.3 is 39.9 Å². The van der Waals surface area contributed by atoms with Crippen LogP contribution in [0.15, 0.2) is 87.9 Å². The van der Waals surface area contributed by atoms with Gasteiger partial charge in [0.2, 0.25) is 23.6 Å². The molecule has 3 amide bonds. The summed E-state index contributed by atoms with van der Waals surface area (Å²) in [7, 11) is 0. The number of para-hydroxylation sites is 2. The minimum absolute atomic E-state index is 0.0347. The maximum Gasteiger partial charge on any atom is 0.277 e. The van der Waals surface area contributed by atoms with Gasteiger partial charge in [-0.3, -0.25) is 14.4 Å². The standard InChI is InChI=1S/C39H38N6O7/c1-19(2)29-37-45-30(36-42-27(18-50-36)34(48)40-22-10-6-5-7-11-22)32(52-37)39-23-12-8-9-13-25(23)43-38(39)51-28-15-14-21(16-24(28)39)17-26(33(47)44-29)41-35(49)31(46)20(3)4/h5-16,18-20,26,29,31,38,43,46H,17H2,1-4H3,(H,40,48)(H,41,49)(H,44,47)/t26-,29-,31-,38?,39-/m0/s1. The Morgan fingerprint density at radius 3 is 2.50 bits per heavy atom. The number of aliphatic hydroxyl groups is 1. The molecule has 266 valence electrons. The van der Waals surface area contributed by atoms with E-state index >= 15 is 0 Å². The molecule has 1 unspecified atom stereocenters. The van der Waals surface area contributed by atoms with E-state index in [1.165, 1.54) is 6.26 Å². The Morgan fingerprint density at radius 2 is 1.73 bits per heavy atom. The highest BCUT2D eigenvalue weighted by atomic mass is 16.5. The predicted octanol–water partition coefficient (Wildman–Crippen LogP) is 4.93. The van der Waals surface area contributed by atoms with Gasteiger partial charge in [-0.25, -0.2) is 9.97 Å². The van der Waals surface area contributed by atoms with Crippen LogP contribution in [-0.4, -0.2) is 51.2 Å². The third kappa shape index (κ3) is 5.39. The van der Waals surface area contributed by atoms with Gasteiger partial charge in [0.05, 0.1) is 0 Å². The van der Waals surface area contributed by atoms with Crippen molar-refractivity contribution in [1.29, 1.82) is 0 Å². The fraction of sp³-hybridized carbons (Fsp3) is 0.308. The van der Waals surface area contributed by atoms with Gasteiger partial charge in [0.25, 0.3) is 5.91 Å². The molecule has 3 aliphatic heterocycles. The number of anilines is 2. The first-order chi connectivity index (χ1) is 25.0. The van der Waals surface area contributed by atoms with Gasteiger partial charge in [0.15, 0.2) is 23.4 Å². The van der Waals surface area contributed by atoms with Crippen LogP contribution in [-0.2, 0) is 21.4 Å². The van der Waals surface area contributed by atoms with E-state index in [9.17, 15) is 19.5 Å². The molecule has 5 N–H and O–H groups in total. The molecule has 0 aliphatic carbocycles. The average molecular weight is 703 g/mol. The Balaban J connectivity index is 1.31. The highest BCUT2D eigenvalue weighted by Crippen LogP contribution is 2.59. The van der Waals surface area contributed by atoms with E-state index in [-0.39, 0.29) is 41.4 Å². The summed E-state index contributed by atoms with van der Waals surface area (Å²) < 4.78 is 19.4. The second-order valence-corrected chi connectivity index (χ2v) is 14.1. The third-order valence-corrected chi connectivity index (χ3v) is 9.92. The number of carbonyl (C=O) groups is 3. The number of fused-ring (bicyclic) bond motifs is 4. The number of amides is 3. The summed E-state index contributed by atoms with van der Waals surface area (Å²) >= 11 is 0. The predicted molar refractivity (Wildman–Crippen MR) is 189 cm³/mol. The summed E-state index contributed by atoms with van der Waals surface area (Å²) in [5.41, 5.74) is 2.94. The average Bonchev–Trinajstić information content (AvgIpc) is 3.91. The summed E-state index contributed by atoms with van der Waals surface area (Å²) in [6.07, 6.45) is -0.564. The topological polar surface area (TPSA) is 181 Å². The highest BCUT2D eigenvalue weighted by Gasteiger charge is 2.61. The van der Waals surface area contributed by atoms with Crippen molar-refractivity contribution in [2.45, 2.75) is 63.9 Å². The van der Waals surface area contributed by atoms with Crippen LogP contribution in [0.1, 0.15) is 72.6 Å². The molecule has 2 aromatic heterocycles. The monoisotopic (exact) mass is 702 g/mol. The van der Waals surface area contributed by atoms with E-state index in [1.54, 1.807) is 26.0 Å². The molecule has 0 saturated carbocycles. The molecule has 5 aromatic rings. The smallest absolute Gasteiger partial charge is 0.277 e. The zero-order valence-electron chi connectivity index (χ0n) is 29.0. The number of hydrogen-bond donors (Lipinski definition) is 5. The van der Waals surface area contributed by atoms with Crippen LogP contribution in [0.3, 0.4) is 0 Å². The molecule has 0 radical (unpaired) electrons. The van der Waals surface area contributed by atoms with Crippen molar-refractivity contribution in [3.63, 3.8) is 0 Å². The van der Waals surface area contributed by atoms with Crippen LogP contribution in [0.25, 0.3) is 11.6 Å². The van der Waals surface area contributed by atoms with Crippen molar-refractivity contribution in [3.05, 3.63) is 113 Å². The zero-order chi connectivity index (χ0) is 36.3. The molecule has 5 atom stereocenters. The van der Waals surface area contributed by atoms with E-state index in [1.807, 2.05) is 74.5 Å². The summed E-state index contributed by atoms with van der Waals surface area (Å²) in [5.74, 6) is -0.993. The number of nitrogens with zero attached hydrogens (tertiary/aromatic N) is 2. The number of benzene rings is 3. The number of rotatable bonds is 7. The Morgan fingerprint density at radius 1 is 0.962 bits per heavy atom. The molecule has 5 heterocycles. The maximum atomic E-state index is 14.1. The van der Waals surface area contributed by atoms with Gasteiger partial charge in [0, 0.05) is 23.4 Å². The molecule has 3 aliphatic rings. The van der Waals surface area contributed by atoms with Crippen molar-refractivity contribution >= 4 is 29.1 Å². The van der Waals surface area contributed by atoms with E-state index in [4.69, 9.17) is 18.6 Å². The molecular formula is C39H38N6O7. The van der Waals surface area contributed by atoms with Gasteiger partial charge in [-0.1, -0.05) is 76.2 Å². The van der Waals surface area contributed by atoms with Gasteiger partial charge in [-0.15, -0.1) is 0 Å². The number of carbonyl (C=O) groups excluding carboxylic acids is 3. The van der Waals surface area contributed by atoms with Gasteiger partial charge >= 0.3 is 0 Å². The number of hydrogen-bond acceptors (Lipinski definition) is 10. The van der Waals surface area contributed by atoms with E-state index in [2.05, 4.69) is 26.3 Å². The number of oxazole rings is 2. The first-order valence-corrected chi connectivity index (χ1v) is 17.3. The van der Waals surface area contributed by atoms with Crippen molar-refractivity contribution in [1.82, 2.24) is 20.6 Å². The SMILES string of the molecule is CC(C)[C@H](O)C(=O)N[C@H]1Cc2ccc3c(c2)[C@@]2(c4ccccc4NC2O3)c2oc(nc2-c2nc(C(=O)Nc3ccccc3)co2)[C@H](C(C)C)NC1=O. The lowest BCUT2D eigenvalue weighted by Crippen LogP contribution is -2.52. The van der Waals surface area contributed by atoms with Crippen LogP contribution in [0, 0.1) is 11.8 Å². The van der Waals surface area contributed by atoms with E-state index < -0.39 is 47.6 Å². The fourth-order valence-electron chi connectivity index (χ4n) is 7.21. The van der Waals surface area contributed by atoms with Crippen LogP contribution in [0.2, 0.25) is 0 Å². The Hall–Kier alpha value is -5.95. The van der Waals surface area contributed by atoms with Crippen molar-refractivity contribution in [2.75, 3.05) is 10.6 Å². The minimum Gasteiger partial charge on any atom is -0.469 e. The molecule has 4 bridgehead atoms. The number of aromatic nitrogens is 2. The normalized spacial score (nSPS) is 21.9. The summed E-state index contributed by atoms with van der Waals surface area (Å²) in [6, 6.07) is 20.7. The number of aliphatic hydroxyl groups excluding tert-OH is 1. The van der Waals surface area contributed by atoms with Crippen molar-refractivity contribution < 1.29 is 33.1 Å². The Labute approximate surface area is 299 Å². The molecule has 1 spiro atoms. The fourth-order valence-corrected chi connectivity index (χ4v) is 7.21. The lowest BCUT2D eigenvalue weighted by atomic mass is 9.72. The molecular weight excluding hydrogens is 664 g/mol. The molecule has 0 saturated heterocycles. The second-order valence-electron chi connectivity index (χ2n) is 14.1. The van der Waals surface area contributed by atoms with Crippen LogP contribution in [0.5, 0.6) is 5.75 Å². The Kier molecular flexibility index (Phi) is 8.09. The van der Waals surface area contributed by atoms with E-state index in [0.717, 1.165) is 22.4 Å². The van der Waals surface area contributed by atoms with Gasteiger partial charge in [-0.2, -0.15) is 0 Å². The largest absolute Gasteiger partial charge is 0.469 e. The van der Waals surface area contributed by atoms with Crippen molar-refractivity contribution in [2.24, 2.45) is 11.8 Å². The lowest BCUT2D eigenvalue weighted by molar-refractivity contribution is -0.135. The van der Waals surface area contributed by atoms with Gasteiger partial charge in [0.1, 0.15) is 35.6 Å². The maximum absolute atomic E-state index is 14.1. The molecule has 0 fully saturated rings. The summed E-state index contributed by atoms with van der Waals surface area (Å²) in [6.45, 7) is 7.30. The summed E-state index contributed by atoms with van der Waals surface area (Å²) in [4.78, 5) is 50.0. The second kappa shape index (κ2) is 12.7. The lowest BCUT2D eigenvalue weighted by Gasteiger charge is -2.29. The summed E-state index contributed by atoms with van der Waals surface area (Å²) in [5, 5.41) is 22.7. The van der Waals surface area contributed by atoms with Crippen molar-refractivity contribution in [3.8, 4) is 17.3 Å². The first-order valence-electron chi connectivity index (χ1n) is 17.3. The zero-order valence-corrected chi connectivity index (χ0v) is 29.0. The number of ether oxygens (including phenoxy) is 1.